The van der Waals surface area contributed by atoms with E-state index < -0.39 is 0 Å². The Balaban J connectivity index is 2.08. The van der Waals surface area contributed by atoms with Gasteiger partial charge < -0.3 is 11.1 Å². The van der Waals surface area contributed by atoms with Gasteiger partial charge in [-0.1, -0.05) is 6.92 Å². The third kappa shape index (κ3) is 3.17. The van der Waals surface area contributed by atoms with Crippen molar-refractivity contribution in [1.82, 2.24) is 10.3 Å². The summed E-state index contributed by atoms with van der Waals surface area (Å²) in [5.41, 5.74) is 7.99. The van der Waals surface area contributed by atoms with Gasteiger partial charge in [0.2, 0.25) is 0 Å². The van der Waals surface area contributed by atoms with E-state index in [0.717, 1.165) is 17.0 Å². The zero-order chi connectivity index (χ0) is 14.7. The van der Waals surface area contributed by atoms with E-state index in [1.54, 1.807) is 29.5 Å². The average Bonchev–Trinajstić information content (AvgIpc) is 2.90. The predicted molar refractivity (Wildman–Crippen MR) is 83.0 cm³/mol. The molecule has 1 amide bonds. The number of carbonyl (C=O) groups is 1. The summed E-state index contributed by atoms with van der Waals surface area (Å²) < 4.78 is 0. The molecule has 20 heavy (non-hydrogen) atoms. The summed E-state index contributed by atoms with van der Waals surface area (Å²) in [6.45, 7) is 5.93. The molecule has 2 rings (SSSR count). The number of thiazole rings is 1. The molecule has 0 radical (unpaired) electrons. The standard InChI is InChI=1S/C15H19N3OS/c1-4-12-8-17-15(20-12)10(3)18-14(19)11-5-6-13(16)9(2)7-11/h5-8,10H,4,16H2,1-3H3,(H,18,19). The number of aromatic nitrogens is 1. The molecule has 1 heterocycles. The lowest BCUT2D eigenvalue weighted by Crippen LogP contribution is -2.26. The van der Waals surface area contributed by atoms with Crippen molar-refractivity contribution in [2.24, 2.45) is 0 Å². The highest BCUT2D eigenvalue weighted by molar-refractivity contribution is 7.11. The van der Waals surface area contributed by atoms with Gasteiger partial charge in [0.1, 0.15) is 5.01 Å². The first-order chi connectivity index (χ1) is 9.51. The van der Waals surface area contributed by atoms with Crippen LogP contribution in [0.4, 0.5) is 5.69 Å². The van der Waals surface area contributed by atoms with Crippen LogP contribution in [0, 0.1) is 6.92 Å². The van der Waals surface area contributed by atoms with Crippen molar-refractivity contribution >= 4 is 22.9 Å². The fourth-order valence-corrected chi connectivity index (χ4v) is 2.70. The van der Waals surface area contributed by atoms with E-state index >= 15 is 0 Å². The van der Waals surface area contributed by atoms with Crippen LogP contribution in [0.3, 0.4) is 0 Å². The fourth-order valence-electron chi connectivity index (χ4n) is 1.84. The first-order valence-corrected chi connectivity index (χ1v) is 7.44. The first kappa shape index (κ1) is 14.5. The van der Waals surface area contributed by atoms with E-state index in [9.17, 15) is 4.79 Å². The van der Waals surface area contributed by atoms with E-state index in [2.05, 4.69) is 17.2 Å². The maximum atomic E-state index is 12.2. The second kappa shape index (κ2) is 6.05. The molecule has 0 saturated heterocycles. The number of carbonyl (C=O) groups excluding carboxylic acids is 1. The number of hydrogen-bond donors (Lipinski definition) is 2. The van der Waals surface area contributed by atoms with Gasteiger partial charge in [0.25, 0.3) is 5.91 Å². The van der Waals surface area contributed by atoms with Gasteiger partial charge in [0.05, 0.1) is 6.04 Å². The molecule has 0 aliphatic heterocycles. The van der Waals surface area contributed by atoms with Crippen LogP contribution in [-0.4, -0.2) is 10.9 Å². The molecule has 5 heteroatoms. The highest BCUT2D eigenvalue weighted by Gasteiger charge is 2.14. The Hall–Kier alpha value is -1.88. The number of nitrogens with zero attached hydrogens (tertiary/aromatic N) is 1. The number of hydrogen-bond acceptors (Lipinski definition) is 4. The first-order valence-electron chi connectivity index (χ1n) is 6.62. The number of nitrogens with two attached hydrogens (primary N) is 1. The lowest BCUT2D eigenvalue weighted by atomic mass is 10.1. The van der Waals surface area contributed by atoms with Crippen LogP contribution < -0.4 is 11.1 Å². The van der Waals surface area contributed by atoms with Gasteiger partial charge in [0, 0.05) is 22.3 Å². The Bertz CT molecular complexity index is 621. The van der Waals surface area contributed by atoms with Crippen LogP contribution in [0.25, 0.3) is 0 Å². The molecule has 1 unspecified atom stereocenters. The number of nitrogens with one attached hydrogen (secondary N) is 1. The number of aryl methyl sites for hydroxylation is 2. The minimum Gasteiger partial charge on any atom is -0.399 e. The quantitative estimate of drug-likeness (QED) is 0.850. The van der Waals surface area contributed by atoms with E-state index in [1.807, 2.05) is 20.0 Å². The molecular weight excluding hydrogens is 270 g/mol. The Morgan fingerprint density at radius 1 is 1.50 bits per heavy atom. The molecule has 2 aromatic rings. The number of rotatable bonds is 4. The zero-order valence-corrected chi connectivity index (χ0v) is 12.8. The van der Waals surface area contributed by atoms with Crippen molar-refractivity contribution in [2.45, 2.75) is 33.2 Å². The maximum Gasteiger partial charge on any atom is 0.251 e. The highest BCUT2D eigenvalue weighted by Crippen LogP contribution is 2.21. The fraction of sp³-hybridized carbons (Fsp3) is 0.333. The summed E-state index contributed by atoms with van der Waals surface area (Å²) in [5.74, 6) is -0.103. The second-order valence-corrected chi connectivity index (χ2v) is 5.93. The Labute approximate surface area is 123 Å². The van der Waals surface area contributed by atoms with E-state index in [0.29, 0.717) is 11.3 Å². The molecule has 0 bridgehead atoms. The minimum absolute atomic E-state index is 0.0920. The average molecular weight is 289 g/mol. The third-order valence-electron chi connectivity index (χ3n) is 3.17. The molecule has 1 aromatic carbocycles. The van der Waals surface area contributed by atoms with Gasteiger partial charge in [-0.2, -0.15) is 0 Å². The van der Waals surface area contributed by atoms with Crippen LogP contribution in [0.2, 0.25) is 0 Å². The SMILES string of the molecule is CCc1cnc(C(C)NC(=O)c2ccc(N)c(C)c2)s1. The Morgan fingerprint density at radius 2 is 2.25 bits per heavy atom. The molecular formula is C15H19N3OS. The molecule has 0 spiro atoms. The molecule has 4 nitrogen and oxygen atoms in total. The van der Waals surface area contributed by atoms with Gasteiger partial charge in [-0.05, 0) is 44.0 Å². The Morgan fingerprint density at radius 3 is 2.85 bits per heavy atom. The highest BCUT2D eigenvalue weighted by atomic mass is 32.1. The van der Waals surface area contributed by atoms with Crippen LogP contribution in [-0.2, 0) is 6.42 Å². The summed E-state index contributed by atoms with van der Waals surface area (Å²) in [4.78, 5) is 17.8. The monoisotopic (exact) mass is 289 g/mol. The normalized spacial score (nSPS) is 12.2. The van der Waals surface area contributed by atoms with Crippen molar-refractivity contribution in [3.05, 3.63) is 45.4 Å². The van der Waals surface area contributed by atoms with E-state index in [-0.39, 0.29) is 11.9 Å². The van der Waals surface area contributed by atoms with Crippen LogP contribution in [0.15, 0.2) is 24.4 Å². The molecule has 1 aromatic heterocycles. The van der Waals surface area contributed by atoms with Crippen molar-refractivity contribution in [3.63, 3.8) is 0 Å². The number of benzene rings is 1. The van der Waals surface area contributed by atoms with Crippen molar-refractivity contribution in [1.29, 1.82) is 0 Å². The number of amides is 1. The second-order valence-electron chi connectivity index (χ2n) is 4.78. The van der Waals surface area contributed by atoms with Gasteiger partial charge in [0.15, 0.2) is 0 Å². The molecule has 106 valence electrons. The largest absolute Gasteiger partial charge is 0.399 e. The molecule has 3 N–H and O–H groups in total. The number of nitrogen functional groups attached to an aromatic ring is 1. The van der Waals surface area contributed by atoms with Gasteiger partial charge >= 0.3 is 0 Å². The molecule has 0 fully saturated rings. The van der Waals surface area contributed by atoms with Crippen LogP contribution >= 0.6 is 11.3 Å². The molecule has 0 aliphatic rings. The van der Waals surface area contributed by atoms with E-state index in [1.165, 1.54) is 4.88 Å². The van der Waals surface area contributed by atoms with Crippen molar-refractivity contribution < 1.29 is 4.79 Å². The summed E-state index contributed by atoms with van der Waals surface area (Å²) in [6, 6.07) is 5.21. The summed E-state index contributed by atoms with van der Waals surface area (Å²) in [6.07, 6.45) is 2.84. The molecule has 0 aliphatic carbocycles. The summed E-state index contributed by atoms with van der Waals surface area (Å²) in [7, 11) is 0. The molecule has 0 saturated carbocycles. The topological polar surface area (TPSA) is 68.0 Å². The van der Waals surface area contributed by atoms with Gasteiger partial charge in [-0.25, -0.2) is 4.98 Å². The predicted octanol–water partition coefficient (Wildman–Crippen LogP) is 3.09. The maximum absolute atomic E-state index is 12.2. The van der Waals surface area contributed by atoms with Crippen molar-refractivity contribution in [2.75, 3.05) is 5.73 Å². The van der Waals surface area contributed by atoms with E-state index in [4.69, 9.17) is 5.73 Å². The van der Waals surface area contributed by atoms with Crippen LogP contribution in [0.1, 0.15) is 45.7 Å². The molecule has 1 atom stereocenters. The third-order valence-corrected chi connectivity index (χ3v) is 4.49. The van der Waals surface area contributed by atoms with Crippen molar-refractivity contribution in [3.8, 4) is 0 Å². The van der Waals surface area contributed by atoms with Gasteiger partial charge in [-0.3, -0.25) is 4.79 Å². The van der Waals surface area contributed by atoms with Gasteiger partial charge in [-0.15, -0.1) is 11.3 Å². The summed E-state index contributed by atoms with van der Waals surface area (Å²) >= 11 is 1.64. The lowest BCUT2D eigenvalue weighted by Gasteiger charge is -2.12. The zero-order valence-electron chi connectivity index (χ0n) is 11.9. The minimum atomic E-state index is -0.103. The van der Waals surface area contributed by atoms with Crippen LogP contribution in [0.5, 0.6) is 0 Å². The number of anilines is 1. The smallest absolute Gasteiger partial charge is 0.251 e. The lowest BCUT2D eigenvalue weighted by molar-refractivity contribution is 0.0940. The Kier molecular flexibility index (Phi) is 4.39. The summed E-state index contributed by atoms with van der Waals surface area (Å²) in [5, 5.41) is 3.90.